The molecule has 0 spiro atoms. The van der Waals surface area contributed by atoms with Gasteiger partial charge in [-0.1, -0.05) is 26.2 Å². The topological polar surface area (TPSA) is 69.2 Å². The van der Waals surface area contributed by atoms with E-state index in [1.807, 2.05) is 4.72 Å². The Morgan fingerprint density at radius 2 is 1.83 bits per heavy atom. The van der Waals surface area contributed by atoms with E-state index in [9.17, 15) is 13.0 Å². The molecule has 6 heteroatoms. The fourth-order valence-electron chi connectivity index (χ4n) is 0.749. The van der Waals surface area contributed by atoms with E-state index in [4.69, 9.17) is 0 Å². The smallest absolute Gasteiger partial charge is 0.735 e. The van der Waals surface area contributed by atoms with Crippen LogP contribution in [0.4, 0.5) is 0 Å². The van der Waals surface area contributed by atoms with Crippen LogP contribution in [0.25, 0.3) is 0 Å². The fourth-order valence-corrected chi connectivity index (χ4v) is 1.14. The largest absolute Gasteiger partial charge is 1.00 e. The summed E-state index contributed by atoms with van der Waals surface area (Å²) in [5.41, 5.74) is 0. The second-order valence-corrected chi connectivity index (χ2v) is 3.61. The summed E-state index contributed by atoms with van der Waals surface area (Å²) in [5, 5.41) is 0. The first-order valence-corrected chi connectivity index (χ1v) is 5.17. The summed E-state index contributed by atoms with van der Waals surface area (Å²) in [7, 11) is -4.21. The van der Waals surface area contributed by atoms with E-state index in [2.05, 4.69) is 6.92 Å². The van der Waals surface area contributed by atoms with E-state index in [0.717, 1.165) is 25.7 Å². The van der Waals surface area contributed by atoms with Crippen molar-refractivity contribution in [3.8, 4) is 0 Å². The summed E-state index contributed by atoms with van der Waals surface area (Å²) in [6.45, 7) is 2.34. The molecule has 0 saturated carbocycles. The molecule has 4 nitrogen and oxygen atoms in total. The maximum absolute atomic E-state index is 10.00. The molecule has 0 atom stereocenters. The maximum atomic E-state index is 10.00. The molecule has 12 heavy (non-hydrogen) atoms. The zero-order chi connectivity index (χ0) is 8.74. The van der Waals surface area contributed by atoms with Crippen LogP contribution in [0, 0.1) is 0 Å². The molecule has 0 amide bonds. The van der Waals surface area contributed by atoms with Gasteiger partial charge in [0.05, 0.1) is 0 Å². The molecule has 0 radical (unpaired) electrons. The third kappa shape index (κ3) is 13.5. The van der Waals surface area contributed by atoms with Crippen molar-refractivity contribution in [2.24, 2.45) is 0 Å². The zero-order valence-corrected chi connectivity index (χ0v) is 10.5. The Morgan fingerprint density at radius 3 is 2.25 bits per heavy atom. The van der Waals surface area contributed by atoms with Gasteiger partial charge in [0.15, 0.2) is 10.3 Å². The van der Waals surface area contributed by atoms with Gasteiger partial charge in [0.1, 0.15) is 0 Å². The average molecular weight is 203 g/mol. The molecule has 0 fully saturated rings. The molecule has 0 heterocycles. The first kappa shape index (κ1) is 15.3. The summed E-state index contributed by atoms with van der Waals surface area (Å²) in [5.74, 6) is 0. The minimum absolute atomic E-state index is 0. The van der Waals surface area contributed by atoms with Crippen molar-refractivity contribution >= 4 is 10.3 Å². The third-order valence-electron chi connectivity index (χ3n) is 1.31. The predicted molar refractivity (Wildman–Crippen MR) is 41.8 cm³/mol. The number of unbranched alkanes of at least 4 members (excludes halogenated alkanes) is 3. The van der Waals surface area contributed by atoms with E-state index in [0.29, 0.717) is 0 Å². The van der Waals surface area contributed by atoms with Crippen LogP contribution < -0.4 is 34.3 Å². The molecule has 0 rings (SSSR count). The quantitative estimate of drug-likeness (QED) is 0.298. The van der Waals surface area contributed by atoms with Crippen molar-refractivity contribution in [3.63, 3.8) is 0 Å². The first-order chi connectivity index (χ1) is 5.06. The van der Waals surface area contributed by atoms with Crippen LogP contribution in [0.1, 0.15) is 32.6 Å². The van der Waals surface area contributed by atoms with Crippen molar-refractivity contribution in [2.75, 3.05) is 6.54 Å². The van der Waals surface area contributed by atoms with Gasteiger partial charge in [0, 0.05) is 6.54 Å². The first-order valence-electron chi connectivity index (χ1n) is 3.76. The Morgan fingerprint density at radius 1 is 1.25 bits per heavy atom. The van der Waals surface area contributed by atoms with E-state index in [1.54, 1.807) is 0 Å². The number of hydrogen-bond acceptors (Lipinski definition) is 3. The van der Waals surface area contributed by atoms with Crippen LogP contribution in [0.5, 0.6) is 0 Å². The van der Waals surface area contributed by atoms with Crippen LogP contribution in [-0.4, -0.2) is 19.5 Å². The molecular weight excluding hydrogens is 189 g/mol. The molecule has 0 aliphatic carbocycles. The molecule has 0 aromatic heterocycles. The van der Waals surface area contributed by atoms with E-state index >= 15 is 0 Å². The minimum atomic E-state index is -4.21. The van der Waals surface area contributed by atoms with Gasteiger partial charge < -0.3 is 4.55 Å². The Labute approximate surface area is 96.3 Å². The van der Waals surface area contributed by atoms with Crippen molar-refractivity contribution in [1.82, 2.24) is 4.72 Å². The van der Waals surface area contributed by atoms with Gasteiger partial charge in [-0.15, -0.1) is 0 Å². The molecule has 1 N–H and O–H groups in total. The molecular formula is C6H14NNaO3S. The normalized spacial score (nSPS) is 10.8. The summed E-state index contributed by atoms with van der Waals surface area (Å²) in [4.78, 5) is 0. The van der Waals surface area contributed by atoms with Crippen LogP contribution in [0.15, 0.2) is 0 Å². The van der Waals surface area contributed by atoms with Crippen molar-refractivity contribution in [3.05, 3.63) is 0 Å². The molecule has 0 aromatic rings. The minimum Gasteiger partial charge on any atom is -0.735 e. The van der Waals surface area contributed by atoms with Crippen molar-refractivity contribution < 1.29 is 42.5 Å². The number of nitrogens with one attached hydrogen (secondary N) is 1. The average Bonchev–Trinajstić information content (AvgIpc) is 1.85. The summed E-state index contributed by atoms with van der Waals surface area (Å²) < 4.78 is 31.9. The van der Waals surface area contributed by atoms with Crippen LogP contribution in [0.3, 0.4) is 0 Å². The van der Waals surface area contributed by atoms with Crippen LogP contribution >= 0.6 is 0 Å². The van der Waals surface area contributed by atoms with E-state index in [1.165, 1.54) is 0 Å². The van der Waals surface area contributed by atoms with Gasteiger partial charge in [-0.2, -0.15) is 0 Å². The predicted octanol–water partition coefficient (Wildman–Crippen LogP) is -2.38. The van der Waals surface area contributed by atoms with Gasteiger partial charge in [0.25, 0.3) is 0 Å². The Balaban J connectivity index is 0. The van der Waals surface area contributed by atoms with Crippen molar-refractivity contribution in [2.45, 2.75) is 32.6 Å². The van der Waals surface area contributed by atoms with E-state index < -0.39 is 10.3 Å². The summed E-state index contributed by atoms with van der Waals surface area (Å²) in [6, 6.07) is 0. The Bertz CT molecular complexity index is 181. The second kappa shape index (κ2) is 8.47. The van der Waals surface area contributed by atoms with Gasteiger partial charge in [-0.05, 0) is 6.42 Å². The van der Waals surface area contributed by atoms with Crippen LogP contribution in [-0.2, 0) is 10.3 Å². The van der Waals surface area contributed by atoms with Crippen LogP contribution in [0.2, 0.25) is 0 Å². The van der Waals surface area contributed by atoms with Crippen molar-refractivity contribution in [1.29, 1.82) is 0 Å². The third-order valence-corrected chi connectivity index (χ3v) is 1.87. The standard InChI is InChI=1S/C6H15NO3S.Na/c1-2-3-4-5-6-7-11(8,9)10;/h7H,2-6H2,1H3,(H,8,9,10);/q;+1/p-1. The number of rotatable bonds is 6. The summed E-state index contributed by atoms with van der Waals surface area (Å²) >= 11 is 0. The molecule has 0 saturated heterocycles. The molecule has 0 bridgehead atoms. The molecule has 0 aliphatic heterocycles. The maximum Gasteiger partial charge on any atom is 1.00 e. The summed E-state index contributed by atoms with van der Waals surface area (Å²) in [6.07, 6.45) is 3.90. The van der Waals surface area contributed by atoms with Gasteiger partial charge in [-0.25, -0.2) is 13.1 Å². The number of hydrogen-bond donors (Lipinski definition) is 1. The van der Waals surface area contributed by atoms with Gasteiger partial charge >= 0.3 is 29.6 Å². The zero-order valence-electron chi connectivity index (χ0n) is 7.67. The SMILES string of the molecule is CCCCCCNS(=O)(=O)[O-].[Na+]. The van der Waals surface area contributed by atoms with E-state index in [-0.39, 0.29) is 36.1 Å². The molecule has 68 valence electrons. The molecule has 0 unspecified atom stereocenters. The van der Waals surface area contributed by atoms with Gasteiger partial charge in [-0.3, -0.25) is 0 Å². The second-order valence-electron chi connectivity index (χ2n) is 2.41. The Hall–Kier alpha value is 0.870. The monoisotopic (exact) mass is 203 g/mol. The van der Waals surface area contributed by atoms with Gasteiger partial charge in [0.2, 0.25) is 0 Å². The molecule has 0 aromatic carbocycles. The fraction of sp³-hybridized carbons (Fsp3) is 1.00. The Kier molecular flexibility index (Phi) is 10.8. The molecule has 0 aliphatic rings.